The first-order valence-electron chi connectivity index (χ1n) is 12.6. The normalized spacial score (nSPS) is 17.7. The highest BCUT2D eigenvalue weighted by atomic mass is 19.1. The first-order chi connectivity index (χ1) is 18.3. The number of nitrogens with zero attached hydrogens (tertiary/aromatic N) is 4. The van der Waals surface area contributed by atoms with Gasteiger partial charge in [0.2, 0.25) is 5.82 Å². The fourth-order valence-corrected chi connectivity index (χ4v) is 5.82. The Balaban J connectivity index is 1.31. The fourth-order valence-electron chi connectivity index (χ4n) is 5.82. The standard InChI is InChI=1S/C29H27FN4O4/c1-15-10-17(29-31-33-34(3)32-29)11-16(2)27(15)21-6-8-23(30)28-22(21)7-9-24(28)38-19-4-5-20-18(12-26(35)36)14-37-25(20)13-19/h4-6,8,10-11,13,18,24H,7,9,12,14H2,1-3H3,(H,35,36). The van der Waals surface area contributed by atoms with E-state index in [1.54, 1.807) is 13.1 Å². The van der Waals surface area contributed by atoms with Gasteiger partial charge in [-0.2, -0.15) is 4.80 Å². The molecule has 0 saturated heterocycles. The molecule has 0 spiro atoms. The number of ether oxygens (including phenoxy) is 2. The van der Waals surface area contributed by atoms with Crippen molar-refractivity contribution in [3.8, 4) is 34.0 Å². The molecule has 2 aliphatic rings. The molecule has 8 nitrogen and oxygen atoms in total. The van der Waals surface area contributed by atoms with Crippen molar-refractivity contribution in [2.75, 3.05) is 6.61 Å². The van der Waals surface area contributed by atoms with Gasteiger partial charge in [-0.15, -0.1) is 10.2 Å². The summed E-state index contributed by atoms with van der Waals surface area (Å²) in [4.78, 5) is 12.6. The molecule has 9 heteroatoms. The number of carboxylic acids is 1. The van der Waals surface area contributed by atoms with Crippen LogP contribution < -0.4 is 9.47 Å². The van der Waals surface area contributed by atoms with E-state index in [0.717, 1.165) is 38.9 Å². The third kappa shape index (κ3) is 4.17. The Kier molecular flexibility index (Phi) is 5.86. The smallest absolute Gasteiger partial charge is 0.304 e. The van der Waals surface area contributed by atoms with Crippen LogP contribution in [0.5, 0.6) is 11.5 Å². The van der Waals surface area contributed by atoms with E-state index in [4.69, 9.17) is 14.6 Å². The minimum atomic E-state index is -0.855. The largest absolute Gasteiger partial charge is 0.492 e. The number of halogens is 1. The van der Waals surface area contributed by atoms with Crippen LogP contribution in [0.4, 0.5) is 4.39 Å². The van der Waals surface area contributed by atoms with Crippen LogP contribution in [0.25, 0.3) is 22.5 Å². The molecular formula is C29H27FN4O4. The van der Waals surface area contributed by atoms with Crippen molar-refractivity contribution in [3.63, 3.8) is 0 Å². The Hall–Kier alpha value is -4.27. The predicted molar refractivity (Wildman–Crippen MR) is 138 cm³/mol. The molecule has 0 radical (unpaired) electrons. The van der Waals surface area contributed by atoms with E-state index in [1.807, 2.05) is 44.2 Å². The zero-order valence-corrected chi connectivity index (χ0v) is 21.4. The van der Waals surface area contributed by atoms with Crippen molar-refractivity contribution in [2.24, 2.45) is 7.05 Å². The van der Waals surface area contributed by atoms with Gasteiger partial charge in [0.1, 0.15) is 23.4 Å². The van der Waals surface area contributed by atoms with Gasteiger partial charge in [0, 0.05) is 28.7 Å². The number of hydrogen-bond donors (Lipinski definition) is 1. The lowest BCUT2D eigenvalue weighted by Crippen LogP contribution is -2.07. The van der Waals surface area contributed by atoms with Crippen LogP contribution in [-0.2, 0) is 18.3 Å². The predicted octanol–water partition coefficient (Wildman–Crippen LogP) is 5.32. The minimum absolute atomic E-state index is 0.0201. The van der Waals surface area contributed by atoms with Gasteiger partial charge in [-0.05, 0) is 84.0 Å². The lowest BCUT2D eigenvalue weighted by molar-refractivity contribution is -0.137. The summed E-state index contributed by atoms with van der Waals surface area (Å²) in [6, 6.07) is 12.9. The van der Waals surface area contributed by atoms with Crippen LogP contribution in [0.15, 0.2) is 42.5 Å². The molecule has 2 atom stereocenters. The lowest BCUT2D eigenvalue weighted by atomic mass is 9.89. The summed E-state index contributed by atoms with van der Waals surface area (Å²) >= 11 is 0. The Bertz CT molecular complexity index is 1560. The Morgan fingerprint density at radius 3 is 2.68 bits per heavy atom. The molecule has 1 aliphatic carbocycles. The molecule has 194 valence electrons. The summed E-state index contributed by atoms with van der Waals surface area (Å²) in [6.45, 7) is 4.42. The molecule has 4 aromatic rings. The molecule has 3 aromatic carbocycles. The summed E-state index contributed by atoms with van der Waals surface area (Å²) in [6.07, 6.45) is 0.944. The minimum Gasteiger partial charge on any atom is -0.492 e. The monoisotopic (exact) mass is 514 g/mol. The van der Waals surface area contributed by atoms with E-state index < -0.39 is 12.1 Å². The molecule has 1 N–H and O–H groups in total. The maximum absolute atomic E-state index is 15.2. The number of carbonyl (C=O) groups is 1. The molecular weight excluding hydrogens is 487 g/mol. The highest BCUT2D eigenvalue weighted by Crippen LogP contribution is 2.45. The summed E-state index contributed by atoms with van der Waals surface area (Å²) in [5, 5.41) is 21.5. The van der Waals surface area contributed by atoms with Gasteiger partial charge in [-0.25, -0.2) is 4.39 Å². The zero-order chi connectivity index (χ0) is 26.6. The van der Waals surface area contributed by atoms with Gasteiger partial charge in [-0.3, -0.25) is 4.79 Å². The number of tetrazole rings is 1. The average molecular weight is 515 g/mol. The topological polar surface area (TPSA) is 99.4 Å². The summed E-state index contributed by atoms with van der Waals surface area (Å²) in [7, 11) is 1.73. The van der Waals surface area contributed by atoms with Crippen LogP contribution >= 0.6 is 0 Å². The van der Waals surface area contributed by atoms with Gasteiger partial charge in [-0.1, -0.05) is 12.1 Å². The second-order valence-electron chi connectivity index (χ2n) is 10.0. The lowest BCUT2D eigenvalue weighted by Gasteiger charge is -2.19. The molecule has 6 rings (SSSR count). The number of aromatic nitrogens is 4. The van der Waals surface area contributed by atoms with Crippen molar-refractivity contribution in [2.45, 2.75) is 45.1 Å². The number of fused-ring (bicyclic) bond motifs is 2. The van der Waals surface area contributed by atoms with E-state index in [9.17, 15) is 4.79 Å². The molecule has 1 aliphatic heterocycles. The van der Waals surface area contributed by atoms with E-state index in [-0.39, 0.29) is 18.2 Å². The number of hydrogen-bond acceptors (Lipinski definition) is 6. The maximum atomic E-state index is 15.2. The van der Waals surface area contributed by atoms with E-state index in [0.29, 0.717) is 42.3 Å². The van der Waals surface area contributed by atoms with Crippen LogP contribution in [0, 0.1) is 19.7 Å². The fraction of sp³-hybridized carbons (Fsp3) is 0.310. The SMILES string of the molecule is Cc1cc(-c2nnn(C)n2)cc(C)c1-c1ccc(F)c2c1CCC2Oc1ccc2c(c1)OCC2CC(=O)O. The zero-order valence-electron chi connectivity index (χ0n) is 21.4. The Labute approximate surface area is 219 Å². The first-order valence-corrected chi connectivity index (χ1v) is 12.6. The van der Waals surface area contributed by atoms with Gasteiger partial charge >= 0.3 is 5.97 Å². The molecule has 2 heterocycles. The molecule has 38 heavy (non-hydrogen) atoms. The second-order valence-corrected chi connectivity index (χ2v) is 10.0. The molecule has 2 unspecified atom stereocenters. The van der Waals surface area contributed by atoms with E-state index >= 15 is 4.39 Å². The average Bonchev–Trinajstić information content (AvgIpc) is 3.59. The van der Waals surface area contributed by atoms with Crippen LogP contribution in [0.1, 0.15) is 52.7 Å². The van der Waals surface area contributed by atoms with Gasteiger partial charge in [0.25, 0.3) is 0 Å². The number of carboxylic acid groups (broad SMARTS) is 1. The number of benzene rings is 3. The van der Waals surface area contributed by atoms with E-state index in [2.05, 4.69) is 15.4 Å². The molecule has 0 bridgehead atoms. The molecule has 1 aromatic heterocycles. The number of rotatable bonds is 6. The third-order valence-electron chi connectivity index (χ3n) is 7.42. The van der Waals surface area contributed by atoms with Crippen LogP contribution in [0.3, 0.4) is 0 Å². The summed E-state index contributed by atoms with van der Waals surface area (Å²) in [5.41, 5.74) is 7.50. The molecule has 0 fully saturated rings. The highest BCUT2D eigenvalue weighted by molar-refractivity contribution is 5.78. The number of aryl methyl sites for hydroxylation is 3. The number of aliphatic carboxylic acids is 1. The maximum Gasteiger partial charge on any atom is 0.304 e. The summed E-state index contributed by atoms with van der Waals surface area (Å²) < 4.78 is 27.3. The first kappa shape index (κ1) is 24.1. The Morgan fingerprint density at radius 1 is 1.18 bits per heavy atom. The second kappa shape index (κ2) is 9.24. The summed E-state index contributed by atoms with van der Waals surface area (Å²) in [5.74, 6) is 0.467. The van der Waals surface area contributed by atoms with Gasteiger partial charge in [0.05, 0.1) is 20.1 Å². The van der Waals surface area contributed by atoms with Gasteiger partial charge in [0.15, 0.2) is 0 Å². The van der Waals surface area contributed by atoms with Crippen LogP contribution in [0.2, 0.25) is 0 Å². The van der Waals surface area contributed by atoms with Crippen molar-refractivity contribution in [1.29, 1.82) is 0 Å². The van der Waals surface area contributed by atoms with Crippen LogP contribution in [-0.4, -0.2) is 37.9 Å². The highest BCUT2D eigenvalue weighted by Gasteiger charge is 2.32. The molecule has 0 amide bonds. The van der Waals surface area contributed by atoms with E-state index in [1.165, 1.54) is 10.9 Å². The third-order valence-corrected chi connectivity index (χ3v) is 7.42. The van der Waals surface area contributed by atoms with Gasteiger partial charge < -0.3 is 14.6 Å². The quantitative estimate of drug-likeness (QED) is 0.372. The van der Waals surface area contributed by atoms with Crippen molar-refractivity contribution in [1.82, 2.24) is 20.2 Å². The van der Waals surface area contributed by atoms with Crippen molar-refractivity contribution >= 4 is 5.97 Å². The van der Waals surface area contributed by atoms with Crippen molar-refractivity contribution in [3.05, 3.63) is 76.1 Å². The van der Waals surface area contributed by atoms with Crippen molar-refractivity contribution < 1.29 is 23.8 Å². The Morgan fingerprint density at radius 2 is 1.97 bits per heavy atom. The molecule has 0 saturated carbocycles.